The number of aromatic nitrogens is 3. The molecule has 2 aliphatic rings. The van der Waals surface area contributed by atoms with E-state index in [0.29, 0.717) is 17.5 Å². The first kappa shape index (κ1) is 24.3. The number of benzene rings is 1. The molecule has 6 atom stereocenters. The number of anilines is 1. The number of hydrogen-bond donors (Lipinski definition) is 3. The van der Waals surface area contributed by atoms with Gasteiger partial charge in [-0.25, -0.2) is 18.9 Å². The van der Waals surface area contributed by atoms with Crippen molar-refractivity contribution < 1.29 is 37.5 Å². The van der Waals surface area contributed by atoms with Gasteiger partial charge in [-0.3, -0.25) is 13.6 Å². The Morgan fingerprint density at radius 3 is 2.97 bits per heavy atom. The van der Waals surface area contributed by atoms with Crippen molar-refractivity contribution in [2.75, 3.05) is 18.9 Å². The summed E-state index contributed by atoms with van der Waals surface area (Å²) >= 11 is 0. The highest BCUT2D eigenvalue weighted by Crippen LogP contribution is 2.57. The number of aryl methyl sites for hydroxylation is 1. The maximum Gasteiger partial charge on any atom is 0.475 e. The number of halogens is 1. The number of aliphatic hydroxyl groups is 2. The third-order valence-corrected chi connectivity index (χ3v) is 7.81. The molecule has 0 saturated carbocycles. The van der Waals surface area contributed by atoms with Crippen molar-refractivity contribution in [1.82, 2.24) is 14.5 Å². The second-order valence-corrected chi connectivity index (χ2v) is 10.5. The van der Waals surface area contributed by atoms with Gasteiger partial charge in [-0.15, -0.1) is 0 Å². The molecule has 0 bridgehead atoms. The average Bonchev–Trinajstić information content (AvgIpc) is 3.34. The van der Waals surface area contributed by atoms with Crippen LogP contribution in [-0.2, 0) is 22.9 Å². The van der Waals surface area contributed by atoms with Gasteiger partial charge in [0.1, 0.15) is 41.4 Å². The fourth-order valence-corrected chi connectivity index (χ4v) is 5.81. The van der Waals surface area contributed by atoms with Gasteiger partial charge in [0.15, 0.2) is 6.23 Å². The molecule has 0 spiro atoms. The number of fused-ring (bicyclic) bond motifs is 1. The fraction of sp³-hybridized carbons (Fsp3) is 0.455. The Kier molecular flexibility index (Phi) is 6.17. The molecule has 11 nitrogen and oxygen atoms in total. The molecule has 3 aromatic rings. The van der Waals surface area contributed by atoms with Crippen LogP contribution in [0.5, 0.6) is 0 Å². The summed E-state index contributed by atoms with van der Waals surface area (Å²) in [4.78, 5) is 8.13. The molecule has 35 heavy (non-hydrogen) atoms. The largest absolute Gasteiger partial charge is 0.475 e. The minimum Gasteiger partial charge on any atom is -0.387 e. The van der Waals surface area contributed by atoms with Gasteiger partial charge in [0, 0.05) is 18.2 Å². The van der Waals surface area contributed by atoms with Crippen molar-refractivity contribution in [2.45, 2.75) is 50.4 Å². The summed E-state index contributed by atoms with van der Waals surface area (Å²) in [5.74, 6) is -0.220. The SMILES string of the molecule is Cc1ccc(F)c([C@H]2CCOP(=O)(OC[C@H]3O[C@@H](n4ccc5c(N)ncnc54)[C@](C)(O)[C@@H]3O)O2)c1. The number of phosphoric ester groups is 1. The first-order chi connectivity index (χ1) is 16.6. The van der Waals surface area contributed by atoms with Crippen LogP contribution in [0.4, 0.5) is 10.2 Å². The van der Waals surface area contributed by atoms with Crippen LogP contribution in [0.3, 0.4) is 0 Å². The molecule has 2 fully saturated rings. The number of hydrogen-bond acceptors (Lipinski definition) is 10. The van der Waals surface area contributed by atoms with E-state index >= 15 is 0 Å². The monoisotopic (exact) mass is 508 g/mol. The van der Waals surface area contributed by atoms with Crippen LogP contribution in [0.2, 0.25) is 0 Å². The lowest BCUT2D eigenvalue weighted by molar-refractivity contribution is -0.0951. The average molecular weight is 508 g/mol. The smallest absolute Gasteiger partial charge is 0.387 e. The molecule has 13 heteroatoms. The first-order valence-electron chi connectivity index (χ1n) is 11.1. The van der Waals surface area contributed by atoms with E-state index < -0.39 is 50.4 Å². The van der Waals surface area contributed by atoms with Gasteiger partial charge >= 0.3 is 7.82 Å². The number of ether oxygens (including phenoxy) is 1. The molecule has 1 unspecified atom stereocenters. The summed E-state index contributed by atoms with van der Waals surface area (Å²) in [6.07, 6.45) is -1.19. The number of nitrogen functional groups attached to an aromatic ring is 1. The summed E-state index contributed by atoms with van der Waals surface area (Å²) in [6, 6.07) is 6.25. The molecule has 2 saturated heterocycles. The Morgan fingerprint density at radius 1 is 1.37 bits per heavy atom. The van der Waals surface area contributed by atoms with Gasteiger partial charge in [0.25, 0.3) is 0 Å². The van der Waals surface area contributed by atoms with Crippen LogP contribution >= 0.6 is 7.82 Å². The third-order valence-electron chi connectivity index (χ3n) is 6.33. The summed E-state index contributed by atoms with van der Waals surface area (Å²) in [6.45, 7) is 2.84. The van der Waals surface area contributed by atoms with E-state index in [0.717, 1.165) is 5.56 Å². The molecule has 188 valence electrons. The van der Waals surface area contributed by atoms with Crippen LogP contribution in [-0.4, -0.2) is 55.8 Å². The fourth-order valence-electron chi connectivity index (χ4n) is 4.42. The number of nitrogens with two attached hydrogens (primary N) is 1. The van der Waals surface area contributed by atoms with E-state index in [9.17, 15) is 19.2 Å². The Bertz CT molecular complexity index is 1300. The maximum absolute atomic E-state index is 14.3. The second-order valence-electron chi connectivity index (χ2n) is 8.90. The van der Waals surface area contributed by atoms with E-state index in [1.54, 1.807) is 24.4 Å². The molecule has 4 N–H and O–H groups in total. The number of nitrogens with zero attached hydrogens (tertiary/aromatic N) is 3. The lowest BCUT2D eigenvalue weighted by Crippen LogP contribution is -2.44. The van der Waals surface area contributed by atoms with Crippen LogP contribution < -0.4 is 5.73 Å². The molecular weight excluding hydrogens is 482 g/mol. The predicted octanol–water partition coefficient (Wildman–Crippen LogP) is 2.77. The zero-order chi connectivity index (χ0) is 25.0. The van der Waals surface area contributed by atoms with Crippen molar-refractivity contribution in [1.29, 1.82) is 0 Å². The number of rotatable bonds is 5. The van der Waals surface area contributed by atoms with E-state index in [-0.39, 0.29) is 18.0 Å². The molecule has 0 amide bonds. The molecule has 0 radical (unpaired) electrons. The quantitative estimate of drug-likeness (QED) is 0.439. The summed E-state index contributed by atoms with van der Waals surface area (Å²) < 4.78 is 51.2. The normalized spacial score (nSPS) is 33.4. The van der Waals surface area contributed by atoms with Crippen LogP contribution in [0, 0.1) is 12.7 Å². The molecule has 1 aromatic carbocycles. The lowest BCUT2D eigenvalue weighted by Gasteiger charge is -2.30. The summed E-state index contributed by atoms with van der Waals surface area (Å²) in [7, 11) is -4.10. The second kappa shape index (κ2) is 8.90. The van der Waals surface area contributed by atoms with E-state index in [1.165, 1.54) is 23.9 Å². The maximum atomic E-state index is 14.3. The summed E-state index contributed by atoms with van der Waals surface area (Å²) in [5.41, 5.74) is 5.63. The highest BCUT2D eigenvalue weighted by Gasteiger charge is 2.54. The van der Waals surface area contributed by atoms with Crippen LogP contribution in [0.25, 0.3) is 11.0 Å². The standard InChI is InChI=1S/C22H26FN4O7P/c1-12-3-4-15(23)14(9-12)16-6-8-31-35(30,34-16)32-10-17-18(28)22(2,29)21(33-17)27-7-5-13-19(24)25-11-26-20(13)27/h3-5,7,9,11,16-18,21,28-29H,6,8,10H2,1-2H3,(H2,24,25,26)/t16-,17-,18-,21-,22-,35?/m1/s1. The topological polar surface area (TPSA) is 151 Å². The molecule has 0 aliphatic carbocycles. The lowest BCUT2D eigenvalue weighted by atomic mass is 9.96. The highest BCUT2D eigenvalue weighted by molar-refractivity contribution is 7.48. The van der Waals surface area contributed by atoms with Crippen LogP contribution in [0.15, 0.2) is 36.8 Å². The van der Waals surface area contributed by atoms with E-state index in [1.807, 2.05) is 6.92 Å². The highest BCUT2D eigenvalue weighted by atomic mass is 31.2. The van der Waals surface area contributed by atoms with Gasteiger partial charge in [-0.1, -0.05) is 17.7 Å². The molecular formula is C22H26FN4O7P. The number of phosphoric acid groups is 1. The van der Waals surface area contributed by atoms with Crippen LogP contribution in [0.1, 0.15) is 36.8 Å². The van der Waals surface area contributed by atoms with Crippen molar-refractivity contribution in [3.05, 3.63) is 53.7 Å². The van der Waals surface area contributed by atoms with Crippen molar-refractivity contribution in [3.8, 4) is 0 Å². The van der Waals surface area contributed by atoms with E-state index in [4.69, 9.17) is 24.0 Å². The Labute approximate surface area is 200 Å². The van der Waals surface area contributed by atoms with E-state index in [2.05, 4.69) is 9.97 Å². The van der Waals surface area contributed by atoms with Gasteiger partial charge in [0.05, 0.1) is 24.7 Å². The molecule has 5 rings (SSSR count). The summed E-state index contributed by atoms with van der Waals surface area (Å²) in [5, 5.41) is 22.4. The zero-order valence-electron chi connectivity index (χ0n) is 19.1. The minimum atomic E-state index is -4.10. The van der Waals surface area contributed by atoms with Gasteiger partial charge in [-0.05, 0) is 26.0 Å². The Hall–Kier alpha value is -2.44. The molecule has 4 heterocycles. The first-order valence-corrected chi connectivity index (χ1v) is 12.5. The minimum absolute atomic E-state index is 0.0280. The molecule has 2 aromatic heterocycles. The van der Waals surface area contributed by atoms with Gasteiger partial charge in [-0.2, -0.15) is 0 Å². The van der Waals surface area contributed by atoms with Crippen molar-refractivity contribution >= 4 is 24.7 Å². The van der Waals surface area contributed by atoms with Crippen molar-refractivity contribution in [2.24, 2.45) is 0 Å². The number of aliphatic hydroxyl groups excluding tert-OH is 1. The zero-order valence-corrected chi connectivity index (χ0v) is 20.0. The Balaban J connectivity index is 1.32. The predicted molar refractivity (Wildman–Crippen MR) is 122 cm³/mol. The molecule has 2 aliphatic heterocycles. The van der Waals surface area contributed by atoms with Crippen molar-refractivity contribution in [3.63, 3.8) is 0 Å². The third kappa shape index (κ3) is 4.36. The van der Waals surface area contributed by atoms with Gasteiger partial charge in [0.2, 0.25) is 0 Å². The van der Waals surface area contributed by atoms with Gasteiger partial charge < -0.3 is 25.3 Å². The Morgan fingerprint density at radius 2 is 2.17 bits per heavy atom.